The maximum absolute atomic E-state index is 9.66. The fourth-order valence-electron chi connectivity index (χ4n) is 1.72. The number of hydrogen-bond acceptors (Lipinski definition) is 7. The Morgan fingerprint density at radius 3 is 1.28 bits per heavy atom. The van der Waals surface area contributed by atoms with Crippen LogP contribution in [-0.2, 0) is 0 Å². The van der Waals surface area contributed by atoms with Crippen molar-refractivity contribution in [2.75, 3.05) is 65.5 Å². The van der Waals surface area contributed by atoms with Crippen molar-refractivity contribution in [1.29, 1.82) is 0 Å². The molecule has 0 amide bonds. The molecule has 0 bridgehead atoms. The van der Waals surface area contributed by atoms with Gasteiger partial charge in [-0.1, -0.05) is 0 Å². The van der Waals surface area contributed by atoms with Gasteiger partial charge in [-0.3, -0.25) is 0 Å². The number of nitrogens with one attached hydrogen (secondary N) is 3. The van der Waals surface area contributed by atoms with Crippen molar-refractivity contribution in [3.05, 3.63) is 0 Å². The molecule has 18 heavy (non-hydrogen) atoms. The van der Waals surface area contributed by atoms with E-state index in [-0.39, 0.29) is 12.0 Å². The Morgan fingerprint density at radius 2 is 1.06 bits per heavy atom. The van der Waals surface area contributed by atoms with Crippen LogP contribution in [0.3, 0.4) is 0 Å². The van der Waals surface area contributed by atoms with Crippen molar-refractivity contribution in [2.24, 2.45) is 22.6 Å². The number of aliphatic hydroxyl groups excluding tert-OH is 1. The Hall–Kier alpha value is -0.280. The first-order valence-corrected chi connectivity index (χ1v) is 6.58. The van der Waals surface area contributed by atoms with Gasteiger partial charge in [0.2, 0.25) is 0 Å². The predicted octanol–water partition coefficient (Wildman–Crippen LogP) is -3.39. The van der Waals surface area contributed by atoms with Crippen LogP contribution in [0.5, 0.6) is 0 Å². The molecule has 0 aromatic carbocycles. The Balaban J connectivity index is 4.20. The first-order chi connectivity index (χ1) is 8.74. The number of nitrogens with two attached hydrogens (primary N) is 3. The van der Waals surface area contributed by atoms with E-state index in [4.69, 9.17) is 17.2 Å². The van der Waals surface area contributed by atoms with E-state index in [0.29, 0.717) is 39.3 Å². The predicted molar refractivity (Wildman–Crippen MR) is 75.3 cm³/mol. The Labute approximate surface area is 110 Å². The van der Waals surface area contributed by atoms with Crippen LogP contribution in [0, 0.1) is 5.41 Å². The summed E-state index contributed by atoms with van der Waals surface area (Å²) in [6.07, 6.45) is 0. The zero-order valence-corrected chi connectivity index (χ0v) is 11.3. The van der Waals surface area contributed by atoms with E-state index in [1.54, 1.807) is 0 Å². The molecule has 0 fully saturated rings. The Morgan fingerprint density at radius 1 is 0.722 bits per heavy atom. The van der Waals surface area contributed by atoms with E-state index >= 15 is 0 Å². The standard InChI is InChI=1S/C11H30N6O/c12-1-4-15-7-11(10-18,8-16-5-2-13)9-17-6-3-14/h15-18H,1-10,12-14H2. The van der Waals surface area contributed by atoms with Crippen molar-refractivity contribution in [1.82, 2.24) is 16.0 Å². The molecule has 0 radical (unpaired) electrons. The molecular weight excluding hydrogens is 232 g/mol. The molecule has 0 spiro atoms. The average molecular weight is 262 g/mol. The number of hydrogen-bond donors (Lipinski definition) is 7. The summed E-state index contributed by atoms with van der Waals surface area (Å²) in [4.78, 5) is 0. The van der Waals surface area contributed by atoms with Gasteiger partial charge in [-0.05, 0) is 0 Å². The highest BCUT2D eigenvalue weighted by atomic mass is 16.3. The molecule has 7 nitrogen and oxygen atoms in total. The highest BCUT2D eigenvalue weighted by Gasteiger charge is 2.28. The highest BCUT2D eigenvalue weighted by Crippen LogP contribution is 2.12. The highest BCUT2D eigenvalue weighted by molar-refractivity contribution is 4.86. The molecule has 7 heteroatoms. The van der Waals surface area contributed by atoms with Crippen molar-refractivity contribution in [3.8, 4) is 0 Å². The molecule has 0 aromatic heterocycles. The normalized spacial score (nSPS) is 12.0. The number of rotatable bonds is 13. The largest absolute Gasteiger partial charge is 0.396 e. The molecule has 10 N–H and O–H groups in total. The SMILES string of the molecule is NCCNCC(CO)(CNCCN)CNCCN. The van der Waals surface area contributed by atoms with Crippen LogP contribution >= 0.6 is 0 Å². The lowest BCUT2D eigenvalue weighted by Gasteiger charge is -2.33. The van der Waals surface area contributed by atoms with Gasteiger partial charge in [0, 0.05) is 64.3 Å². The summed E-state index contributed by atoms with van der Waals surface area (Å²) in [6, 6.07) is 0. The summed E-state index contributed by atoms with van der Waals surface area (Å²) in [7, 11) is 0. The van der Waals surface area contributed by atoms with Crippen LogP contribution in [0.1, 0.15) is 0 Å². The maximum Gasteiger partial charge on any atom is 0.0524 e. The van der Waals surface area contributed by atoms with Gasteiger partial charge in [-0.2, -0.15) is 0 Å². The van der Waals surface area contributed by atoms with E-state index in [1.165, 1.54) is 0 Å². The van der Waals surface area contributed by atoms with E-state index in [9.17, 15) is 5.11 Å². The lowest BCUT2D eigenvalue weighted by molar-refractivity contribution is 0.119. The third-order valence-electron chi connectivity index (χ3n) is 2.80. The molecule has 0 aromatic rings. The lowest BCUT2D eigenvalue weighted by Crippen LogP contribution is -2.52. The van der Waals surface area contributed by atoms with E-state index < -0.39 is 0 Å². The topological polar surface area (TPSA) is 134 Å². The molecule has 0 atom stereocenters. The molecular formula is C11H30N6O. The first kappa shape index (κ1) is 17.7. The molecule has 0 rings (SSSR count). The monoisotopic (exact) mass is 262 g/mol. The van der Waals surface area contributed by atoms with E-state index in [0.717, 1.165) is 19.6 Å². The fraction of sp³-hybridized carbons (Fsp3) is 1.00. The second kappa shape index (κ2) is 11.8. The molecule has 0 saturated heterocycles. The smallest absolute Gasteiger partial charge is 0.0524 e. The minimum Gasteiger partial charge on any atom is -0.396 e. The van der Waals surface area contributed by atoms with Gasteiger partial charge in [-0.25, -0.2) is 0 Å². The minimum atomic E-state index is -0.250. The third-order valence-corrected chi connectivity index (χ3v) is 2.80. The van der Waals surface area contributed by atoms with Crippen molar-refractivity contribution >= 4 is 0 Å². The summed E-state index contributed by atoms with van der Waals surface area (Å²) in [5.74, 6) is 0. The summed E-state index contributed by atoms with van der Waals surface area (Å²) in [5.41, 5.74) is 16.1. The van der Waals surface area contributed by atoms with Gasteiger partial charge in [0.05, 0.1) is 6.61 Å². The molecule has 0 aliphatic rings. The van der Waals surface area contributed by atoms with Crippen LogP contribution in [0.25, 0.3) is 0 Å². The van der Waals surface area contributed by atoms with Crippen LogP contribution in [0.2, 0.25) is 0 Å². The minimum absolute atomic E-state index is 0.0969. The lowest BCUT2D eigenvalue weighted by atomic mass is 9.88. The van der Waals surface area contributed by atoms with Gasteiger partial charge < -0.3 is 38.3 Å². The quantitative estimate of drug-likeness (QED) is 0.172. The van der Waals surface area contributed by atoms with Gasteiger partial charge in [0.15, 0.2) is 0 Å². The van der Waals surface area contributed by atoms with Crippen molar-refractivity contribution in [2.45, 2.75) is 0 Å². The molecule has 0 saturated carbocycles. The average Bonchev–Trinajstić information content (AvgIpc) is 2.39. The van der Waals surface area contributed by atoms with E-state index in [1.807, 2.05) is 0 Å². The van der Waals surface area contributed by atoms with Crippen molar-refractivity contribution < 1.29 is 5.11 Å². The second-order valence-corrected chi connectivity index (χ2v) is 4.55. The molecule has 0 unspecified atom stereocenters. The summed E-state index contributed by atoms with van der Waals surface area (Å²) < 4.78 is 0. The van der Waals surface area contributed by atoms with Crippen LogP contribution in [0.4, 0.5) is 0 Å². The first-order valence-electron chi connectivity index (χ1n) is 6.58. The Bertz CT molecular complexity index is 154. The summed E-state index contributed by atoms with van der Waals surface area (Å²) in [6.45, 7) is 6.22. The fourth-order valence-corrected chi connectivity index (χ4v) is 1.72. The molecule has 0 heterocycles. The van der Waals surface area contributed by atoms with Crippen LogP contribution < -0.4 is 33.2 Å². The van der Waals surface area contributed by atoms with Gasteiger partial charge in [0.1, 0.15) is 0 Å². The summed E-state index contributed by atoms with van der Waals surface area (Å²) in [5, 5.41) is 19.4. The molecule has 110 valence electrons. The van der Waals surface area contributed by atoms with Crippen molar-refractivity contribution in [3.63, 3.8) is 0 Å². The van der Waals surface area contributed by atoms with Crippen LogP contribution in [0.15, 0.2) is 0 Å². The van der Waals surface area contributed by atoms with Gasteiger partial charge in [-0.15, -0.1) is 0 Å². The van der Waals surface area contributed by atoms with Gasteiger partial charge >= 0.3 is 0 Å². The molecule has 0 aliphatic carbocycles. The summed E-state index contributed by atoms with van der Waals surface area (Å²) >= 11 is 0. The van der Waals surface area contributed by atoms with E-state index in [2.05, 4.69) is 16.0 Å². The Kier molecular flexibility index (Phi) is 11.6. The maximum atomic E-state index is 9.66. The zero-order valence-electron chi connectivity index (χ0n) is 11.3. The third kappa shape index (κ3) is 7.93. The zero-order chi connectivity index (χ0) is 13.7. The molecule has 0 aliphatic heterocycles. The number of aliphatic hydroxyl groups is 1. The van der Waals surface area contributed by atoms with Crippen LogP contribution in [-0.4, -0.2) is 70.6 Å². The van der Waals surface area contributed by atoms with Gasteiger partial charge in [0.25, 0.3) is 0 Å². The second-order valence-electron chi connectivity index (χ2n) is 4.55.